The first-order valence-corrected chi connectivity index (χ1v) is 10.3. The Hall–Kier alpha value is -2.45. The highest BCUT2D eigenvalue weighted by atomic mass is 32.1. The Morgan fingerprint density at radius 3 is 2.79 bits per heavy atom. The lowest BCUT2D eigenvalue weighted by atomic mass is 9.99. The molecule has 156 valence electrons. The molecule has 0 aliphatic carbocycles. The predicted octanol–water partition coefficient (Wildman–Crippen LogP) is 3.51. The molecule has 0 spiro atoms. The van der Waals surface area contributed by atoms with Gasteiger partial charge in [-0.15, -0.1) is 6.58 Å². The zero-order chi connectivity index (χ0) is 20.8. The molecular weight excluding hydrogens is 388 g/mol. The third-order valence-electron chi connectivity index (χ3n) is 5.04. The van der Waals surface area contributed by atoms with Gasteiger partial charge in [-0.1, -0.05) is 6.08 Å². The Morgan fingerprint density at radius 2 is 2.14 bits per heavy atom. The van der Waals surface area contributed by atoms with E-state index < -0.39 is 0 Å². The third-order valence-corrected chi connectivity index (χ3v) is 5.47. The van der Waals surface area contributed by atoms with Gasteiger partial charge in [-0.2, -0.15) is 5.10 Å². The molecule has 0 saturated carbocycles. The molecule has 1 saturated heterocycles. The molecule has 8 heteroatoms. The first-order chi connectivity index (χ1) is 14.1. The number of hydrogen-bond donors (Lipinski definition) is 0. The number of ether oxygens (including phenoxy) is 2. The average molecular weight is 417 g/mol. The second-order valence-electron chi connectivity index (χ2n) is 7.04. The highest BCUT2D eigenvalue weighted by molar-refractivity contribution is 7.71. The van der Waals surface area contributed by atoms with E-state index in [9.17, 15) is 4.79 Å². The summed E-state index contributed by atoms with van der Waals surface area (Å²) >= 11 is 5.69. The summed E-state index contributed by atoms with van der Waals surface area (Å²) in [6, 6.07) is 7.75. The van der Waals surface area contributed by atoms with Gasteiger partial charge in [-0.05, 0) is 62.8 Å². The molecule has 1 aliphatic heterocycles. The standard InChI is InChI=1S/C21H28N4O3S/c1-4-12-24-19(16-8-10-18(27-3)11-9-16)22-25(21(24)29)15-23-13-6-7-17(14-23)20(26)28-5-2/h4,8-11,17H,1,5-7,12-15H2,2-3H3/t17-/m1/s1. The Labute approximate surface area is 176 Å². The van der Waals surface area contributed by atoms with E-state index in [4.69, 9.17) is 26.8 Å². The first kappa shape index (κ1) is 21.3. The topological polar surface area (TPSA) is 61.5 Å². The van der Waals surface area contributed by atoms with Gasteiger partial charge in [0.15, 0.2) is 10.6 Å². The molecule has 0 amide bonds. The number of piperidine rings is 1. The van der Waals surface area contributed by atoms with E-state index in [1.54, 1.807) is 7.11 Å². The van der Waals surface area contributed by atoms with Crippen molar-refractivity contribution in [3.05, 3.63) is 41.7 Å². The summed E-state index contributed by atoms with van der Waals surface area (Å²) in [5.41, 5.74) is 0.959. The van der Waals surface area contributed by atoms with Crippen molar-refractivity contribution in [2.45, 2.75) is 33.0 Å². The van der Waals surface area contributed by atoms with Gasteiger partial charge in [0.1, 0.15) is 5.75 Å². The fraction of sp³-hybridized carbons (Fsp3) is 0.476. The second kappa shape index (κ2) is 9.84. The average Bonchev–Trinajstić information content (AvgIpc) is 3.04. The van der Waals surface area contributed by atoms with Crippen LogP contribution in [0.2, 0.25) is 0 Å². The second-order valence-corrected chi connectivity index (χ2v) is 7.41. The van der Waals surface area contributed by atoms with Gasteiger partial charge in [0.05, 0.1) is 26.3 Å². The minimum Gasteiger partial charge on any atom is -0.497 e. The van der Waals surface area contributed by atoms with E-state index in [-0.39, 0.29) is 11.9 Å². The molecule has 0 bridgehead atoms. The zero-order valence-electron chi connectivity index (χ0n) is 17.0. The SMILES string of the molecule is C=CCn1c(-c2ccc(OC)cc2)nn(CN2CCC[C@@H](C(=O)OCC)C2)c1=S. The van der Waals surface area contributed by atoms with Crippen LogP contribution in [0.4, 0.5) is 0 Å². The fourth-order valence-corrected chi connectivity index (χ4v) is 3.87. The molecular formula is C21H28N4O3S. The molecule has 29 heavy (non-hydrogen) atoms. The lowest BCUT2D eigenvalue weighted by molar-refractivity contribution is -0.150. The van der Waals surface area contributed by atoms with Crippen LogP contribution in [0, 0.1) is 10.7 Å². The van der Waals surface area contributed by atoms with Crippen molar-refractivity contribution in [3.63, 3.8) is 0 Å². The number of esters is 1. The molecule has 0 N–H and O–H groups in total. The number of allylic oxidation sites excluding steroid dienone is 1. The van der Waals surface area contributed by atoms with Gasteiger partial charge in [0.25, 0.3) is 0 Å². The Kier molecular flexibility index (Phi) is 7.22. The van der Waals surface area contributed by atoms with Gasteiger partial charge >= 0.3 is 5.97 Å². The molecule has 1 atom stereocenters. The highest BCUT2D eigenvalue weighted by Gasteiger charge is 2.27. The first-order valence-electron chi connectivity index (χ1n) is 9.89. The van der Waals surface area contributed by atoms with Crippen molar-refractivity contribution in [2.75, 3.05) is 26.8 Å². The molecule has 0 radical (unpaired) electrons. The number of aromatic nitrogens is 3. The summed E-state index contributed by atoms with van der Waals surface area (Å²) in [6.45, 7) is 8.78. The van der Waals surface area contributed by atoms with Crippen LogP contribution in [-0.4, -0.2) is 52.0 Å². The normalized spacial score (nSPS) is 17.1. The number of nitrogens with zero attached hydrogens (tertiary/aromatic N) is 4. The van der Waals surface area contributed by atoms with Crippen LogP contribution in [0.15, 0.2) is 36.9 Å². The van der Waals surface area contributed by atoms with Crippen LogP contribution < -0.4 is 4.74 Å². The molecule has 1 fully saturated rings. The molecule has 2 aromatic rings. The quantitative estimate of drug-likeness (QED) is 0.373. The maximum Gasteiger partial charge on any atom is 0.310 e. The number of carbonyl (C=O) groups excluding carboxylic acids is 1. The molecule has 1 aromatic heterocycles. The minimum absolute atomic E-state index is 0.0887. The third kappa shape index (κ3) is 4.94. The van der Waals surface area contributed by atoms with Crippen LogP contribution in [-0.2, 0) is 22.7 Å². The predicted molar refractivity (Wildman–Crippen MR) is 114 cm³/mol. The summed E-state index contributed by atoms with van der Waals surface area (Å²) in [7, 11) is 1.64. The lowest BCUT2D eigenvalue weighted by Crippen LogP contribution is -2.40. The number of methoxy groups -OCH3 is 1. The fourth-order valence-electron chi connectivity index (χ4n) is 3.61. The van der Waals surface area contributed by atoms with Crippen LogP contribution >= 0.6 is 12.2 Å². The van der Waals surface area contributed by atoms with Gasteiger partial charge < -0.3 is 9.47 Å². The maximum atomic E-state index is 12.1. The van der Waals surface area contributed by atoms with Gasteiger partial charge in [0.2, 0.25) is 0 Å². The van der Waals surface area contributed by atoms with Crippen molar-refractivity contribution in [3.8, 4) is 17.1 Å². The number of likely N-dealkylation sites (tertiary alicyclic amines) is 1. The summed E-state index contributed by atoms with van der Waals surface area (Å²) in [6.07, 6.45) is 3.63. The summed E-state index contributed by atoms with van der Waals surface area (Å²) in [5, 5.41) is 4.78. The van der Waals surface area contributed by atoms with Gasteiger partial charge in [-0.3, -0.25) is 14.3 Å². The molecule has 7 nitrogen and oxygen atoms in total. The van der Waals surface area contributed by atoms with Gasteiger partial charge in [-0.25, -0.2) is 4.68 Å². The van der Waals surface area contributed by atoms with Crippen molar-refractivity contribution in [1.29, 1.82) is 0 Å². The van der Waals surface area contributed by atoms with E-state index >= 15 is 0 Å². The van der Waals surface area contributed by atoms with Crippen LogP contribution in [0.3, 0.4) is 0 Å². The number of rotatable bonds is 8. The molecule has 2 heterocycles. The number of carbonyl (C=O) groups is 1. The summed E-state index contributed by atoms with van der Waals surface area (Å²) in [4.78, 5) is 14.3. The summed E-state index contributed by atoms with van der Waals surface area (Å²) in [5.74, 6) is 1.38. The zero-order valence-corrected chi connectivity index (χ0v) is 17.9. The number of hydrogen-bond acceptors (Lipinski definition) is 6. The van der Waals surface area contributed by atoms with Crippen molar-refractivity contribution >= 4 is 18.2 Å². The van der Waals surface area contributed by atoms with Crippen LogP contribution in [0.1, 0.15) is 19.8 Å². The Bertz CT molecular complexity index is 904. The lowest BCUT2D eigenvalue weighted by Gasteiger charge is -2.31. The van der Waals surface area contributed by atoms with E-state index in [2.05, 4.69) is 11.5 Å². The maximum absolute atomic E-state index is 12.1. The van der Waals surface area contributed by atoms with Crippen LogP contribution in [0.25, 0.3) is 11.4 Å². The summed E-state index contributed by atoms with van der Waals surface area (Å²) < 4.78 is 14.9. The van der Waals surface area contributed by atoms with Crippen molar-refractivity contribution in [1.82, 2.24) is 19.2 Å². The Morgan fingerprint density at radius 1 is 1.38 bits per heavy atom. The minimum atomic E-state index is -0.114. The van der Waals surface area contributed by atoms with E-state index in [0.29, 0.717) is 31.1 Å². The molecule has 1 aromatic carbocycles. The largest absolute Gasteiger partial charge is 0.497 e. The highest BCUT2D eigenvalue weighted by Crippen LogP contribution is 2.23. The van der Waals surface area contributed by atoms with Crippen molar-refractivity contribution in [2.24, 2.45) is 5.92 Å². The number of benzene rings is 1. The molecule has 1 aliphatic rings. The molecule has 3 rings (SSSR count). The molecule has 0 unspecified atom stereocenters. The van der Waals surface area contributed by atoms with E-state index in [1.807, 2.05) is 46.5 Å². The van der Waals surface area contributed by atoms with E-state index in [1.165, 1.54) is 0 Å². The van der Waals surface area contributed by atoms with E-state index in [0.717, 1.165) is 36.5 Å². The van der Waals surface area contributed by atoms with Crippen LogP contribution in [0.5, 0.6) is 5.75 Å². The van der Waals surface area contributed by atoms with Gasteiger partial charge in [0, 0.05) is 18.7 Å². The smallest absolute Gasteiger partial charge is 0.310 e. The Balaban J connectivity index is 1.83. The monoisotopic (exact) mass is 416 g/mol. The van der Waals surface area contributed by atoms with Crippen molar-refractivity contribution < 1.29 is 14.3 Å².